The maximum Gasteiger partial charge on any atom is 0.413 e. The first-order valence-corrected chi connectivity index (χ1v) is 7.80. The predicted molar refractivity (Wildman–Crippen MR) is 86.4 cm³/mol. The molecule has 1 atom stereocenters. The fourth-order valence-electron chi connectivity index (χ4n) is 3.49. The second kappa shape index (κ2) is 4.54. The lowest BCUT2D eigenvalue weighted by Gasteiger charge is -2.34. The molecule has 1 spiro atoms. The third kappa shape index (κ3) is 2.19. The molecule has 23 heavy (non-hydrogen) atoms. The van der Waals surface area contributed by atoms with E-state index in [-0.39, 0.29) is 5.41 Å². The fourth-order valence-corrected chi connectivity index (χ4v) is 3.49. The Morgan fingerprint density at radius 3 is 2.78 bits per heavy atom. The zero-order valence-corrected chi connectivity index (χ0v) is 13.5. The Bertz CT molecular complexity index is 810. The van der Waals surface area contributed by atoms with Crippen LogP contribution < -0.4 is 5.32 Å². The number of nitrogens with one attached hydrogen (secondary N) is 1. The third-order valence-electron chi connectivity index (χ3n) is 4.74. The zero-order valence-electron chi connectivity index (χ0n) is 13.5. The smallest absolute Gasteiger partial charge is 0.413 e. The molecule has 5 heteroatoms. The third-order valence-corrected chi connectivity index (χ3v) is 4.74. The number of fused-ring (bicyclic) bond motifs is 3. The molecule has 2 aromatic rings. The Balaban J connectivity index is 1.79. The molecule has 1 aromatic carbocycles. The molecule has 1 aromatic heterocycles. The summed E-state index contributed by atoms with van der Waals surface area (Å²) < 4.78 is 5.74. The maximum atomic E-state index is 12.0. The van der Waals surface area contributed by atoms with Gasteiger partial charge in [0.05, 0.1) is 5.56 Å². The average molecular weight is 309 g/mol. The van der Waals surface area contributed by atoms with Crippen molar-refractivity contribution in [2.24, 2.45) is 0 Å². The van der Waals surface area contributed by atoms with Gasteiger partial charge < -0.3 is 4.74 Å². The van der Waals surface area contributed by atoms with E-state index < -0.39 is 11.7 Å². The highest BCUT2D eigenvalue weighted by Gasteiger charge is 2.47. The summed E-state index contributed by atoms with van der Waals surface area (Å²) in [6.45, 7) is 6.60. The van der Waals surface area contributed by atoms with Crippen molar-refractivity contribution >= 4 is 11.9 Å². The number of hydrogen-bond donors (Lipinski definition) is 1. The number of carbonyl (C=O) groups is 1. The lowest BCUT2D eigenvalue weighted by molar-refractivity contribution is 0.0190. The molecule has 1 N–H and O–H groups in total. The van der Waals surface area contributed by atoms with Gasteiger partial charge in [0.25, 0.3) is 0 Å². The minimum Gasteiger partial charge on any atom is -0.437 e. The Labute approximate surface area is 135 Å². The van der Waals surface area contributed by atoms with Gasteiger partial charge in [-0.15, -0.1) is 0 Å². The minimum atomic E-state index is -0.683. The van der Waals surface area contributed by atoms with Crippen molar-refractivity contribution in [1.29, 1.82) is 0 Å². The highest BCUT2D eigenvalue weighted by atomic mass is 16.6. The Morgan fingerprint density at radius 1 is 1.22 bits per heavy atom. The van der Waals surface area contributed by atoms with Crippen molar-refractivity contribution in [2.75, 3.05) is 5.32 Å². The van der Waals surface area contributed by atoms with Gasteiger partial charge in [-0.05, 0) is 22.1 Å². The Morgan fingerprint density at radius 2 is 2.00 bits per heavy atom. The van der Waals surface area contributed by atoms with Gasteiger partial charge in [-0.2, -0.15) is 0 Å². The van der Waals surface area contributed by atoms with Crippen LogP contribution in [0.5, 0.6) is 0 Å². The molecule has 118 valence electrons. The van der Waals surface area contributed by atoms with Gasteiger partial charge in [-0.3, -0.25) is 5.32 Å². The minimum absolute atomic E-state index is 0.0938. The summed E-state index contributed by atoms with van der Waals surface area (Å²) >= 11 is 0. The highest BCUT2D eigenvalue weighted by Crippen LogP contribution is 2.45. The fraction of sp³-hybridized carbons (Fsp3) is 0.389. The summed E-state index contributed by atoms with van der Waals surface area (Å²) in [6.07, 6.45) is 4.08. The SMILES string of the molecule is CC(C)(C)c1ccc2c(c1)CC1(C2)OC(=O)Nc2ncncc21. The van der Waals surface area contributed by atoms with E-state index in [0.29, 0.717) is 18.7 Å². The van der Waals surface area contributed by atoms with Crippen LogP contribution in [0.25, 0.3) is 0 Å². The molecule has 5 nitrogen and oxygen atoms in total. The van der Waals surface area contributed by atoms with Crippen molar-refractivity contribution < 1.29 is 9.53 Å². The van der Waals surface area contributed by atoms with E-state index in [1.807, 2.05) is 0 Å². The van der Waals surface area contributed by atoms with E-state index in [4.69, 9.17) is 4.74 Å². The van der Waals surface area contributed by atoms with Crippen molar-refractivity contribution in [3.63, 3.8) is 0 Å². The maximum absolute atomic E-state index is 12.0. The molecule has 1 aliphatic heterocycles. The summed E-state index contributed by atoms with van der Waals surface area (Å²) in [5.74, 6) is 0.556. The van der Waals surface area contributed by atoms with E-state index in [1.165, 1.54) is 23.0 Å². The molecule has 4 rings (SSSR count). The van der Waals surface area contributed by atoms with Crippen molar-refractivity contribution in [3.8, 4) is 0 Å². The molecule has 1 amide bonds. The quantitative estimate of drug-likeness (QED) is 0.810. The van der Waals surface area contributed by atoms with Gasteiger partial charge in [0, 0.05) is 19.0 Å². The molecule has 0 bridgehead atoms. The number of ether oxygens (including phenoxy) is 1. The average Bonchev–Trinajstić information content (AvgIpc) is 2.83. The van der Waals surface area contributed by atoms with Crippen molar-refractivity contribution in [2.45, 2.75) is 44.6 Å². The Kier molecular flexibility index (Phi) is 2.80. The number of nitrogens with zero attached hydrogens (tertiary/aromatic N) is 2. The van der Waals surface area contributed by atoms with Gasteiger partial charge in [-0.1, -0.05) is 39.0 Å². The van der Waals surface area contributed by atoms with E-state index in [1.54, 1.807) is 6.20 Å². The largest absolute Gasteiger partial charge is 0.437 e. The van der Waals surface area contributed by atoms with Crippen molar-refractivity contribution in [1.82, 2.24) is 9.97 Å². The second-order valence-electron chi connectivity index (χ2n) is 7.38. The molecular weight excluding hydrogens is 290 g/mol. The lowest BCUT2D eigenvalue weighted by Crippen LogP contribution is -2.40. The van der Waals surface area contributed by atoms with Crippen LogP contribution in [0.15, 0.2) is 30.7 Å². The van der Waals surface area contributed by atoms with Crippen LogP contribution in [0.1, 0.15) is 43.0 Å². The van der Waals surface area contributed by atoms with E-state index in [9.17, 15) is 4.79 Å². The monoisotopic (exact) mass is 309 g/mol. The summed E-state index contributed by atoms with van der Waals surface area (Å²) in [5, 5.41) is 2.66. The first-order valence-electron chi connectivity index (χ1n) is 7.80. The van der Waals surface area contributed by atoms with E-state index in [2.05, 4.69) is 54.3 Å². The number of anilines is 1. The molecule has 2 heterocycles. The first kappa shape index (κ1) is 14.2. The highest BCUT2D eigenvalue weighted by molar-refractivity contribution is 5.87. The van der Waals surface area contributed by atoms with Gasteiger partial charge in [0.1, 0.15) is 12.1 Å². The first-order chi connectivity index (χ1) is 10.9. The standard InChI is InChI=1S/C18H19N3O2/c1-17(2,3)13-5-4-11-7-18(8-12(11)6-13)14-9-19-10-20-15(14)21-16(22)23-18/h4-6,9-10H,7-8H2,1-3H3,(H,19,20,21,22). The van der Waals surface area contributed by atoms with Gasteiger partial charge in [-0.25, -0.2) is 14.8 Å². The van der Waals surface area contributed by atoms with E-state index >= 15 is 0 Å². The van der Waals surface area contributed by atoms with E-state index in [0.717, 1.165) is 5.56 Å². The summed E-state index contributed by atoms with van der Waals surface area (Å²) in [5.41, 5.74) is 4.02. The number of amides is 1. The predicted octanol–water partition coefficient (Wildman–Crippen LogP) is 3.33. The molecule has 2 aliphatic rings. The van der Waals surface area contributed by atoms with Crippen molar-refractivity contribution in [3.05, 3.63) is 53.0 Å². The summed E-state index contributed by atoms with van der Waals surface area (Å²) in [6, 6.07) is 6.57. The molecule has 0 radical (unpaired) electrons. The number of carbonyl (C=O) groups excluding carboxylic acids is 1. The molecule has 0 fully saturated rings. The lowest BCUT2D eigenvalue weighted by atomic mass is 9.85. The van der Waals surface area contributed by atoms with Crippen LogP contribution in [0.3, 0.4) is 0 Å². The van der Waals surface area contributed by atoms with Gasteiger partial charge in [0.15, 0.2) is 5.60 Å². The topological polar surface area (TPSA) is 64.1 Å². The van der Waals surface area contributed by atoms with Crippen LogP contribution in [0.2, 0.25) is 0 Å². The number of benzene rings is 1. The number of rotatable bonds is 0. The van der Waals surface area contributed by atoms with Crippen LogP contribution in [-0.2, 0) is 28.6 Å². The molecular formula is C18H19N3O2. The molecule has 1 unspecified atom stereocenters. The number of hydrogen-bond acceptors (Lipinski definition) is 4. The number of aromatic nitrogens is 2. The zero-order chi connectivity index (χ0) is 16.2. The summed E-state index contributed by atoms with van der Waals surface area (Å²) in [7, 11) is 0. The Hall–Kier alpha value is -2.43. The second-order valence-corrected chi connectivity index (χ2v) is 7.38. The van der Waals surface area contributed by atoms with Crippen LogP contribution in [0.4, 0.5) is 10.6 Å². The van der Waals surface area contributed by atoms with Gasteiger partial charge in [0.2, 0.25) is 0 Å². The summed E-state index contributed by atoms with van der Waals surface area (Å²) in [4.78, 5) is 20.3. The van der Waals surface area contributed by atoms with Crippen LogP contribution in [0, 0.1) is 0 Å². The normalized spacial score (nSPS) is 22.3. The van der Waals surface area contributed by atoms with Crippen LogP contribution >= 0.6 is 0 Å². The van der Waals surface area contributed by atoms with Gasteiger partial charge >= 0.3 is 6.09 Å². The molecule has 0 saturated carbocycles. The molecule has 0 saturated heterocycles. The molecule has 1 aliphatic carbocycles. The van der Waals surface area contributed by atoms with Crippen LogP contribution in [-0.4, -0.2) is 16.1 Å².